The number of hydrogen-bond acceptors (Lipinski definition) is 1. The van der Waals surface area contributed by atoms with Gasteiger partial charge in [-0.2, -0.15) is 0 Å². The van der Waals surface area contributed by atoms with Crippen LogP contribution in [0.3, 0.4) is 0 Å². The van der Waals surface area contributed by atoms with Crippen LogP contribution in [0, 0.1) is 5.92 Å². The molecular formula is C9H12O. The van der Waals surface area contributed by atoms with Crippen LogP contribution in [0.2, 0.25) is 0 Å². The van der Waals surface area contributed by atoms with E-state index in [-0.39, 0.29) is 0 Å². The summed E-state index contributed by atoms with van der Waals surface area (Å²) in [6, 6.07) is 0. The average molecular weight is 136 g/mol. The van der Waals surface area contributed by atoms with Crippen LogP contribution >= 0.6 is 0 Å². The van der Waals surface area contributed by atoms with Crippen molar-refractivity contribution in [3.8, 4) is 0 Å². The molecule has 0 N–H and O–H groups in total. The van der Waals surface area contributed by atoms with Crippen molar-refractivity contribution in [1.29, 1.82) is 0 Å². The molecule has 2 rings (SSSR count). The summed E-state index contributed by atoms with van der Waals surface area (Å²) in [5, 5.41) is 0. The highest BCUT2D eigenvalue weighted by Gasteiger charge is 2.27. The second-order valence-corrected chi connectivity index (χ2v) is 3.31. The Bertz CT molecular complexity index is 187. The van der Waals surface area contributed by atoms with Gasteiger partial charge in [0.25, 0.3) is 0 Å². The molecule has 0 bridgehead atoms. The topological polar surface area (TPSA) is 17.1 Å². The molecule has 0 amide bonds. The van der Waals surface area contributed by atoms with Crippen LogP contribution in [0.15, 0.2) is 11.6 Å². The predicted octanol–water partition coefficient (Wildman–Crippen LogP) is 2.08. The minimum absolute atomic E-state index is 0.355. The van der Waals surface area contributed by atoms with Gasteiger partial charge in [0.15, 0.2) is 5.78 Å². The lowest BCUT2D eigenvalue weighted by Gasteiger charge is -2.09. The second-order valence-electron chi connectivity index (χ2n) is 3.31. The number of carbonyl (C=O) groups is 1. The van der Waals surface area contributed by atoms with Crippen LogP contribution in [0.25, 0.3) is 0 Å². The normalized spacial score (nSPS) is 26.4. The van der Waals surface area contributed by atoms with Crippen molar-refractivity contribution >= 4 is 5.78 Å². The molecule has 0 spiro atoms. The van der Waals surface area contributed by atoms with E-state index in [0.29, 0.717) is 5.78 Å². The summed E-state index contributed by atoms with van der Waals surface area (Å²) in [5.41, 5.74) is 1.44. The minimum Gasteiger partial charge on any atom is -0.295 e. The first-order valence-electron chi connectivity index (χ1n) is 4.09. The van der Waals surface area contributed by atoms with Gasteiger partial charge in [-0.1, -0.05) is 5.57 Å². The number of allylic oxidation sites excluding steroid dienone is 2. The molecule has 1 heteroatoms. The lowest BCUT2D eigenvalue weighted by atomic mass is 9.95. The minimum atomic E-state index is 0.355. The summed E-state index contributed by atoms with van der Waals surface area (Å²) in [4.78, 5) is 10.9. The zero-order valence-corrected chi connectivity index (χ0v) is 6.10. The average Bonchev–Trinajstić information content (AvgIpc) is 2.68. The lowest BCUT2D eigenvalue weighted by molar-refractivity contribution is -0.115. The molecule has 0 aromatic carbocycles. The highest BCUT2D eigenvalue weighted by molar-refractivity contribution is 5.91. The van der Waals surface area contributed by atoms with Gasteiger partial charge in [-0.25, -0.2) is 0 Å². The van der Waals surface area contributed by atoms with Crippen molar-refractivity contribution in [2.45, 2.75) is 32.1 Å². The van der Waals surface area contributed by atoms with E-state index in [1.54, 1.807) is 0 Å². The molecule has 0 aromatic rings. The maximum absolute atomic E-state index is 10.9. The predicted molar refractivity (Wildman–Crippen MR) is 39.7 cm³/mol. The lowest BCUT2D eigenvalue weighted by Crippen LogP contribution is -2.03. The third-order valence-corrected chi connectivity index (χ3v) is 2.34. The smallest absolute Gasteiger partial charge is 0.155 e. The molecule has 1 fully saturated rings. The summed E-state index contributed by atoms with van der Waals surface area (Å²) in [5.74, 6) is 1.16. The van der Waals surface area contributed by atoms with Crippen LogP contribution in [-0.2, 0) is 4.79 Å². The molecule has 0 aromatic heterocycles. The SMILES string of the molecule is O=C1C=C(C2CC2)CCC1. The van der Waals surface area contributed by atoms with E-state index in [9.17, 15) is 4.79 Å². The summed E-state index contributed by atoms with van der Waals surface area (Å²) < 4.78 is 0. The van der Waals surface area contributed by atoms with E-state index >= 15 is 0 Å². The zero-order valence-electron chi connectivity index (χ0n) is 6.10. The van der Waals surface area contributed by atoms with Gasteiger partial charge in [0.1, 0.15) is 0 Å². The maximum Gasteiger partial charge on any atom is 0.155 e. The quantitative estimate of drug-likeness (QED) is 0.539. The van der Waals surface area contributed by atoms with Crippen molar-refractivity contribution in [3.05, 3.63) is 11.6 Å². The van der Waals surface area contributed by atoms with Gasteiger partial charge >= 0.3 is 0 Å². The molecule has 2 aliphatic rings. The zero-order chi connectivity index (χ0) is 6.97. The Morgan fingerprint density at radius 3 is 2.70 bits per heavy atom. The second kappa shape index (κ2) is 2.22. The number of ketones is 1. The fourth-order valence-corrected chi connectivity index (χ4v) is 1.59. The van der Waals surface area contributed by atoms with Gasteiger partial charge in [0.05, 0.1) is 0 Å². The van der Waals surface area contributed by atoms with Crippen LogP contribution < -0.4 is 0 Å². The van der Waals surface area contributed by atoms with E-state index in [4.69, 9.17) is 0 Å². The molecule has 1 nitrogen and oxygen atoms in total. The number of carbonyl (C=O) groups excluding carboxylic acids is 1. The highest BCUT2D eigenvalue weighted by atomic mass is 16.1. The molecule has 0 aliphatic heterocycles. The Kier molecular flexibility index (Phi) is 1.37. The Morgan fingerprint density at radius 2 is 2.10 bits per heavy atom. The standard InChI is InChI=1S/C9H12O/c10-9-3-1-2-8(6-9)7-4-5-7/h6-7H,1-5H2. The summed E-state index contributed by atoms with van der Waals surface area (Å²) in [6.45, 7) is 0. The van der Waals surface area contributed by atoms with Gasteiger partial charge in [0.2, 0.25) is 0 Å². The van der Waals surface area contributed by atoms with Crippen LogP contribution in [0.1, 0.15) is 32.1 Å². The van der Waals surface area contributed by atoms with Crippen molar-refractivity contribution in [3.63, 3.8) is 0 Å². The number of hydrogen-bond donors (Lipinski definition) is 0. The third kappa shape index (κ3) is 1.13. The first-order valence-corrected chi connectivity index (χ1v) is 4.09. The van der Waals surface area contributed by atoms with Crippen LogP contribution in [-0.4, -0.2) is 5.78 Å². The third-order valence-electron chi connectivity index (χ3n) is 2.34. The summed E-state index contributed by atoms with van der Waals surface area (Å²) in [6.07, 6.45) is 7.63. The fourth-order valence-electron chi connectivity index (χ4n) is 1.59. The van der Waals surface area contributed by atoms with Gasteiger partial charge in [0, 0.05) is 6.42 Å². The van der Waals surface area contributed by atoms with E-state index in [1.807, 2.05) is 6.08 Å². The molecular weight excluding hydrogens is 124 g/mol. The van der Waals surface area contributed by atoms with E-state index in [2.05, 4.69) is 0 Å². The molecule has 0 heterocycles. The highest BCUT2D eigenvalue weighted by Crippen LogP contribution is 2.39. The molecule has 2 aliphatic carbocycles. The van der Waals surface area contributed by atoms with Gasteiger partial charge in [-0.05, 0) is 37.7 Å². The molecule has 0 saturated heterocycles. The largest absolute Gasteiger partial charge is 0.295 e. The molecule has 10 heavy (non-hydrogen) atoms. The van der Waals surface area contributed by atoms with Crippen molar-refractivity contribution in [1.82, 2.24) is 0 Å². The maximum atomic E-state index is 10.9. The van der Waals surface area contributed by atoms with E-state index in [0.717, 1.165) is 18.8 Å². The summed E-state index contributed by atoms with van der Waals surface area (Å²) in [7, 11) is 0. The Morgan fingerprint density at radius 1 is 1.30 bits per heavy atom. The van der Waals surface area contributed by atoms with E-state index in [1.165, 1.54) is 24.8 Å². The molecule has 0 unspecified atom stereocenters. The first kappa shape index (κ1) is 6.14. The Labute approximate surface area is 61.1 Å². The Hall–Kier alpha value is -0.590. The first-order chi connectivity index (χ1) is 4.86. The Balaban J connectivity index is 2.10. The monoisotopic (exact) mass is 136 g/mol. The van der Waals surface area contributed by atoms with Gasteiger partial charge < -0.3 is 0 Å². The van der Waals surface area contributed by atoms with Crippen molar-refractivity contribution < 1.29 is 4.79 Å². The molecule has 1 saturated carbocycles. The van der Waals surface area contributed by atoms with Crippen molar-refractivity contribution in [2.75, 3.05) is 0 Å². The van der Waals surface area contributed by atoms with Crippen molar-refractivity contribution in [2.24, 2.45) is 5.92 Å². The molecule has 54 valence electrons. The molecule has 0 atom stereocenters. The van der Waals surface area contributed by atoms with Crippen LogP contribution in [0.5, 0.6) is 0 Å². The summed E-state index contributed by atoms with van der Waals surface area (Å²) >= 11 is 0. The van der Waals surface area contributed by atoms with Gasteiger partial charge in [-0.3, -0.25) is 4.79 Å². The van der Waals surface area contributed by atoms with E-state index < -0.39 is 0 Å². The van der Waals surface area contributed by atoms with Gasteiger partial charge in [-0.15, -0.1) is 0 Å². The molecule has 0 radical (unpaired) electrons. The van der Waals surface area contributed by atoms with Crippen LogP contribution in [0.4, 0.5) is 0 Å². The fraction of sp³-hybridized carbons (Fsp3) is 0.667. The number of rotatable bonds is 1.